The van der Waals surface area contributed by atoms with Gasteiger partial charge in [0, 0.05) is 10.7 Å². The first-order chi connectivity index (χ1) is 9.65. The molecule has 0 N–H and O–H groups in total. The molecular formula is C14H13ClO4S2. The summed E-state index contributed by atoms with van der Waals surface area (Å²) in [6, 6.07) is 10.6. The van der Waals surface area contributed by atoms with Crippen LogP contribution in [-0.2, 0) is 18.9 Å². The number of rotatable bonds is 3. The average Bonchev–Trinajstić information content (AvgIpc) is 2.38. The molecule has 0 radical (unpaired) electrons. The van der Waals surface area contributed by atoms with Crippen LogP contribution in [0.5, 0.6) is 0 Å². The Bertz CT molecular complexity index is 886. The summed E-state index contributed by atoms with van der Waals surface area (Å²) in [5.41, 5.74) is 0.606. The van der Waals surface area contributed by atoms with E-state index >= 15 is 0 Å². The summed E-state index contributed by atoms with van der Waals surface area (Å²) in [6.07, 6.45) is 0. The first-order valence-electron chi connectivity index (χ1n) is 6.00. The van der Waals surface area contributed by atoms with Crippen molar-refractivity contribution in [1.29, 1.82) is 0 Å². The maximum absolute atomic E-state index is 12.7. The highest BCUT2D eigenvalue weighted by molar-refractivity contribution is 8.13. The van der Waals surface area contributed by atoms with Crippen molar-refractivity contribution in [2.75, 3.05) is 0 Å². The van der Waals surface area contributed by atoms with Crippen molar-refractivity contribution in [1.82, 2.24) is 0 Å². The quantitative estimate of drug-likeness (QED) is 0.802. The van der Waals surface area contributed by atoms with Crippen LogP contribution in [0.3, 0.4) is 0 Å². The Morgan fingerprint density at radius 3 is 1.95 bits per heavy atom. The fourth-order valence-electron chi connectivity index (χ4n) is 2.20. The van der Waals surface area contributed by atoms with E-state index in [9.17, 15) is 16.8 Å². The van der Waals surface area contributed by atoms with Gasteiger partial charge in [0.2, 0.25) is 9.84 Å². The van der Waals surface area contributed by atoms with Gasteiger partial charge in [0.15, 0.2) is 0 Å². The summed E-state index contributed by atoms with van der Waals surface area (Å²) < 4.78 is 48.5. The monoisotopic (exact) mass is 344 g/mol. The van der Waals surface area contributed by atoms with Crippen LogP contribution in [0.1, 0.15) is 11.1 Å². The first-order valence-corrected chi connectivity index (χ1v) is 9.80. The van der Waals surface area contributed by atoms with Gasteiger partial charge in [-0.05, 0) is 43.2 Å². The summed E-state index contributed by atoms with van der Waals surface area (Å²) in [5.74, 6) is 0. The van der Waals surface area contributed by atoms with E-state index in [-0.39, 0.29) is 20.2 Å². The molecule has 0 aromatic heterocycles. The Balaban J connectivity index is 2.82. The maximum Gasteiger partial charge on any atom is 0.261 e. The highest BCUT2D eigenvalue weighted by Crippen LogP contribution is 2.32. The molecule has 0 aliphatic rings. The van der Waals surface area contributed by atoms with Crippen LogP contribution in [0.15, 0.2) is 57.2 Å². The molecule has 21 heavy (non-hydrogen) atoms. The predicted octanol–water partition coefficient (Wildman–Crippen LogP) is 3.06. The van der Waals surface area contributed by atoms with E-state index in [0.717, 1.165) is 0 Å². The van der Waals surface area contributed by atoms with Crippen molar-refractivity contribution in [3.8, 4) is 0 Å². The van der Waals surface area contributed by atoms with Crippen molar-refractivity contribution in [3.63, 3.8) is 0 Å². The number of aryl methyl sites for hydroxylation is 1. The minimum Gasteiger partial charge on any atom is -0.218 e. The molecule has 2 aromatic rings. The van der Waals surface area contributed by atoms with Gasteiger partial charge in [-0.2, -0.15) is 0 Å². The average molecular weight is 345 g/mol. The predicted molar refractivity (Wildman–Crippen MR) is 80.8 cm³/mol. The Morgan fingerprint density at radius 1 is 0.857 bits per heavy atom. The van der Waals surface area contributed by atoms with E-state index in [1.165, 1.54) is 31.2 Å². The molecule has 0 bridgehead atoms. The van der Waals surface area contributed by atoms with E-state index in [1.54, 1.807) is 25.1 Å². The SMILES string of the molecule is Cc1ccc(S(=O)(=O)Cl)c(C)c1S(=O)(=O)c1ccccc1. The van der Waals surface area contributed by atoms with Crippen LogP contribution < -0.4 is 0 Å². The maximum atomic E-state index is 12.7. The molecule has 0 fully saturated rings. The summed E-state index contributed by atoms with van der Waals surface area (Å²) >= 11 is 0. The highest BCUT2D eigenvalue weighted by Gasteiger charge is 2.26. The molecule has 4 nitrogen and oxygen atoms in total. The van der Waals surface area contributed by atoms with E-state index in [0.29, 0.717) is 5.56 Å². The highest BCUT2D eigenvalue weighted by atomic mass is 35.7. The van der Waals surface area contributed by atoms with E-state index in [2.05, 4.69) is 0 Å². The summed E-state index contributed by atoms with van der Waals surface area (Å²) in [4.78, 5) is -0.0972. The van der Waals surface area contributed by atoms with E-state index in [4.69, 9.17) is 10.7 Å². The van der Waals surface area contributed by atoms with Gasteiger partial charge >= 0.3 is 0 Å². The Kier molecular flexibility index (Phi) is 4.15. The van der Waals surface area contributed by atoms with E-state index < -0.39 is 18.9 Å². The smallest absolute Gasteiger partial charge is 0.218 e. The lowest BCUT2D eigenvalue weighted by Gasteiger charge is -2.13. The first kappa shape index (κ1) is 16.0. The lowest BCUT2D eigenvalue weighted by molar-refractivity contribution is 0.594. The Labute approximate surface area is 128 Å². The third-order valence-corrected chi connectivity index (χ3v) is 6.66. The standard InChI is InChI=1S/C14H13ClO4S2/c1-10-8-9-13(21(15,18)19)11(2)14(10)20(16,17)12-6-4-3-5-7-12/h3-9H,1-2H3. The second kappa shape index (κ2) is 5.44. The summed E-state index contributed by atoms with van der Waals surface area (Å²) in [6.45, 7) is 3.06. The van der Waals surface area contributed by atoms with Crippen LogP contribution in [0.2, 0.25) is 0 Å². The number of hydrogen-bond donors (Lipinski definition) is 0. The van der Waals surface area contributed by atoms with Crippen molar-refractivity contribution >= 4 is 29.6 Å². The van der Waals surface area contributed by atoms with Gasteiger partial charge in [-0.25, -0.2) is 16.8 Å². The molecule has 0 atom stereocenters. The molecule has 0 aliphatic carbocycles. The van der Waals surface area contributed by atoms with Crippen molar-refractivity contribution in [3.05, 3.63) is 53.6 Å². The number of halogens is 1. The van der Waals surface area contributed by atoms with Gasteiger partial charge in [0.05, 0.1) is 14.7 Å². The molecule has 0 amide bonds. The van der Waals surface area contributed by atoms with Gasteiger partial charge in [-0.15, -0.1) is 0 Å². The molecule has 0 spiro atoms. The largest absolute Gasteiger partial charge is 0.261 e. The van der Waals surface area contributed by atoms with Crippen LogP contribution in [-0.4, -0.2) is 16.8 Å². The lowest BCUT2D eigenvalue weighted by atomic mass is 10.1. The van der Waals surface area contributed by atoms with E-state index in [1.807, 2.05) is 0 Å². The van der Waals surface area contributed by atoms with Crippen molar-refractivity contribution in [2.24, 2.45) is 0 Å². The Morgan fingerprint density at radius 2 is 1.43 bits per heavy atom. The zero-order valence-corrected chi connectivity index (χ0v) is 13.8. The van der Waals surface area contributed by atoms with Crippen LogP contribution in [0.4, 0.5) is 0 Å². The minimum atomic E-state index is -4.01. The summed E-state index contributed by atoms with van der Waals surface area (Å²) in [5, 5.41) is 0. The molecule has 2 rings (SSSR count). The molecule has 0 heterocycles. The van der Waals surface area contributed by atoms with Gasteiger partial charge in [0.25, 0.3) is 9.05 Å². The van der Waals surface area contributed by atoms with Gasteiger partial charge in [-0.1, -0.05) is 24.3 Å². The molecule has 0 unspecified atom stereocenters. The van der Waals surface area contributed by atoms with Gasteiger partial charge in [-0.3, -0.25) is 0 Å². The van der Waals surface area contributed by atoms with Gasteiger partial charge in [0.1, 0.15) is 0 Å². The molecule has 0 saturated carbocycles. The lowest BCUT2D eigenvalue weighted by Crippen LogP contribution is -2.09. The zero-order valence-electron chi connectivity index (χ0n) is 11.4. The molecule has 0 saturated heterocycles. The minimum absolute atomic E-state index is 0.0181. The zero-order chi connectivity index (χ0) is 15.8. The number of sulfone groups is 1. The van der Waals surface area contributed by atoms with Crippen LogP contribution in [0.25, 0.3) is 0 Å². The summed E-state index contributed by atoms with van der Waals surface area (Å²) in [7, 11) is -2.45. The second-order valence-electron chi connectivity index (χ2n) is 4.59. The third-order valence-electron chi connectivity index (χ3n) is 3.14. The molecule has 0 aliphatic heterocycles. The molecule has 112 valence electrons. The third kappa shape index (κ3) is 2.97. The van der Waals surface area contributed by atoms with Crippen LogP contribution >= 0.6 is 10.7 Å². The van der Waals surface area contributed by atoms with Gasteiger partial charge < -0.3 is 0 Å². The number of benzene rings is 2. The van der Waals surface area contributed by atoms with Crippen molar-refractivity contribution in [2.45, 2.75) is 28.5 Å². The number of hydrogen-bond acceptors (Lipinski definition) is 4. The molecule has 7 heteroatoms. The molecule has 2 aromatic carbocycles. The topological polar surface area (TPSA) is 68.3 Å². The fraction of sp³-hybridized carbons (Fsp3) is 0.143. The van der Waals surface area contributed by atoms with Crippen LogP contribution in [0, 0.1) is 13.8 Å². The normalized spacial score (nSPS) is 12.3. The second-order valence-corrected chi connectivity index (χ2v) is 9.01. The molecular weight excluding hydrogens is 332 g/mol. The van der Waals surface area contributed by atoms with Crippen molar-refractivity contribution < 1.29 is 16.8 Å². The Hall–Kier alpha value is -1.37. The fourth-order valence-corrected chi connectivity index (χ4v) is 5.22.